The van der Waals surface area contributed by atoms with Crippen LogP contribution in [0, 0.1) is 0 Å². The van der Waals surface area contributed by atoms with Crippen LogP contribution in [0.4, 0.5) is 4.79 Å². The van der Waals surface area contributed by atoms with Crippen LogP contribution in [0.5, 0.6) is 0 Å². The summed E-state index contributed by atoms with van der Waals surface area (Å²) in [4.78, 5) is 26.1. The van der Waals surface area contributed by atoms with Crippen LogP contribution in [-0.2, 0) is 4.79 Å². The number of carbonyl (C=O) groups is 2. The molecule has 5 nitrogen and oxygen atoms in total. The van der Waals surface area contributed by atoms with Crippen molar-refractivity contribution in [1.29, 1.82) is 0 Å². The fourth-order valence-corrected chi connectivity index (χ4v) is 3.87. The van der Waals surface area contributed by atoms with E-state index in [1.165, 1.54) is 24.2 Å². The molecule has 1 atom stereocenters. The molecule has 20 heavy (non-hydrogen) atoms. The molecule has 3 fully saturated rings. The third-order valence-corrected chi connectivity index (χ3v) is 5.05. The maximum absolute atomic E-state index is 12.5. The standard InChI is InChI=1S/C15H25N3O2/c19-13-15(8-2-1-3-9-15)17-14(20)18(13)11-5-7-12-6-4-10-16-12/h12,16H,1-11H2,(H,17,20). The average Bonchev–Trinajstić information content (AvgIpc) is 3.03. The molecule has 0 aromatic carbocycles. The zero-order chi connectivity index (χ0) is 14.0. The third kappa shape index (κ3) is 2.55. The van der Waals surface area contributed by atoms with Crippen LogP contribution in [0.3, 0.4) is 0 Å². The number of hydrogen-bond donors (Lipinski definition) is 2. The van der Waals surface area contributed by atoms with Gasteiger partial charge in [-0.3, -0.25) is 9.69 Å². The molecule has 2 saturated heterocycles. The lowest BCUT2D eigenvalue weighted by molar-refractivity contribution is -0.132. The highest BCUT2D eigenvalue weighted by atomic mass is 16.2. The summed E-state index contributed by atoms with van der Waals surface area (Å²) in [5, 5.41) is 6.43. The first kappa shape index (κ1) is 13.9. The minimum Gasteiger partial charge on any atom is -0.323 e. The molecule has 2 N–H and O–H groups in total. The van der Waals surface area contributed by atoms with Gasteiger partial charge in [-0.05, 0) is 45.1 Å². The van der Waals surface area contributed by atoms with E-state index < -0.39 is 5.54 Å². The molecule has 3 rings (SSSR count). The number of amides is 3. The number of hydrogen-bond acceptors (Lipinski definition) is 3. The largest absolute Gasteiger partial charge is 0.325 e. The Morgan fingerprint density at radius 3 is 2.65 bits per heavy atom. The molecular weight excluding hydrogens is 254 g/mol. The number of nitrogens with one attached hydrogen (secondary N) is 2. The Morgan fingerprint density at radius 2 is 1.95 bits per heavy atom. The molecule has 5 heteroatoms. The molecule has 1 spiro atoms. The summed E-state index contributed by atoms with van der Waals surface area (Å²) in [6, 6.07) is 0.413. The van der Waals surface area contributed by atoms with Gasteiger partial charge in [0.15, 0.2) is 0 Å². The molecule has 0 aromatic rings. The Balaban J connectivity index is 1.53. The van der Waals surface area contributed by atoms with Gasteiger partial charge in [0.1, 0.15) is 5.54 Å². The van der Waals surface area contributed by atoms with E-state index in [-0.39, 0.29) is 11.9 Å². The van der Waals surface area contributed by atoms with Crippen molar-refractivity contribution in [3.63, 3.8) is 0 Å². The van der Waals surface area contributed by atoms with E-state index in [2.05, 4.69) is 10.6 Å². The quantitative estimate of drug-likeness (QED) is 0.771. The van der Waals surface area contributed by atoms with Crippen molar-refractivity contribution >= 4 is 11.9 Å². The smallest absolute Gasteiger partial charge is 0.323 e. The van der Waals surface area contributed by atoms with Gasteiger partial charge in [-0.25, -0.2) is 4.79 Å². The molecule has 2 heterocycles. The van der Waals surface area contributed by atoms with Crippen LogP contribution in [-0.4, -0.2) is 41.5 Å². The Kier molecular flexibility index (Phi) is 3.96. The lowest BCUT2D eigenvalue weighted by Gasteiger charge is -2.30. The first-order valence-corrected chi connectivity index (χ1v) is 8.09. The minimum atomic E-state index is -0.555. The molecule has 0 bridgehead atoms. The Hall–Kier alpha value is -1.10. The van der Waals surface area contributed by atoms with Gasteiger partial charge in [0.2, 0.25) is 0 Å². The lowest BCUT2D eigenvalue weighted by atomic mass is 9.82. The predicted octanol–water partition coefficient (Wildman–Crippen LogP) is 1.77. The third-order valence-electron chi connectivity index (χ3n) is 5.05. The van der Waals surface area contributed by atoms with Crippen molar-refractivity contribution in [2.75, 3.05) is 13.1 Å². The first-order chi connectivity index (χ1) is 9.71. The second-order valence-corrected chi connectivity index (χ2v) is 6.47. The van der Waals surface area contributed by atoms with Crippen molar-refractivity contribution < 1.29 is 9.59 Å². The van der Waals surface area contributed by atoms with E-state index in [0.717, 1.165) is 45.1 Å². The summed E-state index contributed by atoms with van der Waals surface area (Å²) in [6.07, 6.45) is 9.35. The Morgan fingerprint density at radius 1 is 1.15 bits per heavy atom. The first-order valence-electron chi connectivity index (χ1n) is 8.09. The van der Waals surface area contributed by atoms with Crippen molar-refractivity contribution in [2.24, 2.45) is 0 Å². The van der Waals surface area contributed by atoms with Gasteiger partial charge in [-0.2, -0.15) is 0 Å². The second-order valence-electron chi connectivity index (χ2n) is 6.47. The van der Waals surface area contributed by atoms with Gasteiger partial charge >= 0.3 is 6.03 Å². The number of carbonyl (C=O) groups excluding carboxylic acids is 2. The van der Waals surface area contributed by atoms with Crippen LogP contribution in [0.25, 0.3) is 0 Å². The van der Waals surface area contributed by atoms with Crippen LogP contribution < -0.4 is 10.6 Å². The highest BCUT2D eigenvalue weighted by Crippen LogP contribution is 2.33. The van der Waals surface area contributed by atoms with Crippen LogP contribution in [0.2, 0.25) is 0 Å². The lowest BCUT2D eigenvalue weighted by Crippen LogP contribution is -2.48. The summed E-state index contributed by atoms with van der Waals surface area (Å²) >= 11 is 0. The Labute approximate surface area is 120 Å². The van der Waals surface area contributed by atoms with E-state index in [4.69, 9.17) is 0 Å². The van der Waals surface area contributed by atoms with E-state index in [1.54, 1.807) is 0 Å². The molecule has 3 amide bonds. The van der Waals surface area contributed by atoms with Gasteiger partial charge < -0.3 is 10.6 Å². The maximum atomic E-state index is 12.5. The molecule has 1 saturated carbocycles. The van der Waals surface area contributed by atoms with Gasteiger partial charge in [-0.15, -0.1) is 0 Å². The monoisotopic (exact) mass is 279 g/mol. The van der Waals surface area contributed by atoms with Crippen molar-refractivity contribution in [2.45, 2.75) is 69.4 Å². The van der Waals surface area contributed by atoms with Crippen LogP contribution in [0.15, 0.2) is 0 Å². The van der Waals surface area contributed by atoms with E-state index in [1.807, 2.05) is 0 Å². The van der Waals surface area contributed by atoms with Crippen molar-refractivity contribution in [3.05, 3.63) is 0 Å². The van der Waals surface area contributed by atoms with Crippen molar-refractivity contribution in [1.82, 2.24) is 15.5 Å². The van der Waals surface area contributed by atoms with E-state index >= 15 is 0 Å². The molecule has 1 unspecified atom stereocenters. The molecule has 3 aliphatic rings. The molecule has 1 aliphatic carbocycles. The van der Waals surface area contributed by atoms with Gasteiger partial charge in [0.05, 0.1) is 0 Å². The van der Waals surface area contributed by atoms with Crippen molar-refractivity contribution in [3.8, 4) is 0 Å². The average molecular weight is 279 g/mol. The SMILES string of the molecule is O=C1NC2(CCCCC2)C(=O)N1CCCC1CCCN1. The van der Waals surface area contributed by atoms with Gasteiger partial charge in [0.25, 0.3) is 5.91 Å². The summed E-state index contributed by atoms with van der Waals surface area (Å²) < 4.78 is 0. The fraction of sp³-hybridized carbons (Fsp3) is 0.867. The fourth-order valence-electron chi connectivity index (χ4n) is 3.87. The molecular formula is C15H25N3O2. The highest BCUT2D eigenvalue weighted by Gasteiger charge is 2.50. The number of urea groups is 1. The zero-order valence-corrected chi connectivity index (χ0v) is 12.1. The van der Waals surface area contributed by atoms with Crippen LogP contribution in [0.1, 0.15) is 57.8 Å². The minimum absolute atomic E-state index is 0.0292. The predicted molar refractivity (Wildman–Crippen MR) is 76.3 cm³/mol. The summed E-state index contributed by atoms with van der Waals surface area (Å²) in [7, 11) is 0. The van der Waals surface area contributed by atoms with Crippen LogP contribution >= 0.6 is 0 Å². The molecule has 0 aromatic heterocycles. The Bertz CT molecular complexity index is 385. The van der Waals surface area contributed by atoms with Gasteiger partial charge in [0, 0.05) is 12.6 Å². The summed E-state index contributed by atoms with van der Waals surface area (Å²) in [5.41, 5.74) is -0.555. The molecule has 0 radical (unpaired) electrons. The summed E-state index contributed by atoms with van der Waals surface area (Å²) in [6.45, 7) is 1.68. The van der Waals surface area contributed by atoms with E-state index in [0.29, 0.717) is 12.6 Å². The second kappa shape index (κ2) is 5.72. The van der Waals surface area contributed by atoms with E-state index in [9.17, 15) is 9.59 Å². The topological polar surface area (TPSA) is 61.4 Å². The number of rotatable bonds is 4. The van der Waals surface area contributed by atoms with Gasteiger partial charge in [-0.1, -0.05) is 19.3 Å². The number of imide groups is 1. The zero-order valence-electron chi connectivity index (χ0n) is 12.1. The summed E-state index contributed by atoms with van der Waals surface area (Å²) in [5.74, 6) is 0.0292. The molecule has 2 aliphatic heterocycles. The normalized spacial score (nSPS) is 29.2. The highest BCUT2D eigenvalue weighted by molar-refractivity contribution is 6.07. The maximum Gasteiger partial charge on any atom is 0.325 e. The number of nitrogens with zero attached hydrogens (tertiary/aromatic N) is 1. The molecule has 112 valence electrons.